The van der Waals surface area contributed by atoms with Gasteiger partial charge in [-0.2, -0.15) is 0 Å². The van der Waals surface area contributed by atoms with Crippen molar-refractivity contribution in [1.82, 2.24) is 0 Å². The Morgan fingerprint density at radius 1 is 0.278 bits per heavy atom. The van der Waals surface area contributed by atoms with Crippen molar-refractivity contribution < 1.29 is 80.2 Å². The van der Waals surface area contributed by atoms with Crippen LogP contribution in [0.4, 0.5) is 0 Å². The molecule has 0 bridgehead atoms. The van der Waals surface area contributed by atoms with Crippen molar-refractivity contribution in [3.63, 3.8) is 0 Å². The van der Waals surface area contributed by atoms with Crippen LogP contribution in [-0.2, 0) is 65.4 Å². The van der Waals surface area contributed by atoms with E-state index in [1.165, 1.54) is 225 Å². The van der Waals surface area contributed by atoms with E-state index in [4.69, 9.17) is 37.0 Å². The molecule has 0 aliphatic carbocycles. The lowest BCUT2D eigenvalue weighted by Gasteiger charge is -2.21. The van der Waals surface area contributed by atoms with Crippen LogP contribution in [0, 0.1) is 5.92 Å². The molecular formula is C78H152O17P2. The number of ether oxygens (including phenoxy) is 4. The Labute approximate surface area is 594 Å². The van der Waals surface area contributed by atoms with Gasteiger partial charge in [-0.25, -0.2) is 9.13 Å². The molecule has 0 rings (SSSR count). The van der Waals surface area contributed by atoms with Gasteiger partial charge in [0.05, 0.1) is 26.4 Å². The average molecular weight is 1420 g/mol. The summed E-state index contributed by atoms with van der Waals surface area (Å²) in [5, 5.41) is 10.6. The van der Waals surface area contributed by atoms with Gasteiger partial charge in [0, 0.05) is 25.7 Å². The van der Waals surface area contributed by atoms with Crippen LogP contribution in [0.15, 0.2) is 0 Å². The predicted octanol–water partition coefficient (Wildman–Crippen LogP) is 23.3. The molecule has 0 amide bonds. The zero-order valence-electron chi connectivity index (χ0n) is 63.2. The van der Waals surface area contributed by atoms with Gasteiger partial charge in [-0.05, 0) is 31.6 Å². The van der Waals surface area contributed by atoms with Crippen LogP contribution in [0.25, 0.3) is 0 Å². The van der Waals surface area contributed by atoms with E-state index < -0.39 is 97.5 Å². The highest BCUT2D eigenvalue weighted by molar-refractivity contribution is 7.47. The number of phosphoric ester groups is 2. The molecule has 19 heteroatoms. The first kappa shape index (κ1) is 95.1. The third kappa shape index (κ3) is 72.2. The number of hydrogen-bond donors (Lipinski definition) is 3. The van der Waals surface area contributed by atoms with E-state index in [2.05, 4.69) is 34.6 Å². The molecule has 0 aromatic rings. The fourth-order valence-electron chi connectivity index (χ4n) is 12.1. The van der Waals surface area contributed by atoms with Crippen LogP contribution in [0.5, 0.6) is 0 Å². The first-order chi connectivity index (χ1) is 47.0. The van der Waals surface area contributed by atoms with Crippen molar-refractivity contribution in [1.29, 1.82) is 0 Å². The van der Waals surface area contributed by atoms with Gasteiger partial charge in [0.15, 0.2) is 12.2 Å². The van der Waals surface area contributed by atoms with Crippen LogP contribution in [-0.4, -0.2) is 96.7 Å². The van der Waals surface area contributed by atoms with Crippen molar-refractivity contribution in [3.05, 3.63) is 0 Å². The molecule has 0 aliphatic heterocycles. The maximum Gasteiger partial charge on any atom is 0.472 e. The lowest BCUT2D eigenvalue weighted by atomic mass is 10.0. The third-order valence-electron chi connectivity index (χ3n) is 18.3. The molecule has 17 nitrogen and oxygen atoms in total. The highest BCUT2D eigenvalue weighted by Gasteiger charge is 2.30. The summed E-state index contributed by atoms with van der Waals surface area (Å²) in [5.41, 5.74) is 0. The molecule has 0 spiro atoms. The molecule has 2 unspecified atom stereocenters. The smallest absolute Gasteiger partial charge is 0.462 e. The van der Waals surface area contributed by atoms with E-state index in [-0.39, 0.29) is 25.7 Å². The summed E-state index contributed by atoms with van der Waals surface area (Å²) in [7, 11) is -9.91. The minimum atomic E-state index is -4.96. The zero-order chi connectivity index (χ0) is 71.2. The summed E-state index contributed by atoms with van der Waals surface area (Å²) in [6, 6.07) is 0. The molecule has 5 atom stereocenters. The minimum Gasteiger partial charge on any atom is -0.462 e. The van der Waals surface area contributed by atoms with Gasteiger partial charge >= 0.3 is 39.5 Å². The van der Waals surface area contributed by atoms with Crippen molar-refractivity contribution >= 4 is 39.5 Å². The quantitative estimate of drug-likeness (QED) is 0.0222. The number of phosphoric acid groups is 2. The summed E-state index contributed by atoms with van der Waals surface area (Å²) < 4.78 is 68.5. The number of hydrogen-bond acceptors (Lipinski definition) is 15. The Morgan fingerprint density at radius 2 is 0.474 bits per heavy atom. The monoisotopic (exact) mass is 1420 g/mol. The summed E-state index contributed by atoms with van der Waals surface area (Å²) in [6.07, 6.45) is 61.2. The Hall–Kier alpha value is -1.94. The zero-order valence-corrected chi connectivity index (χ0v) is 65.0. The summed E-state index contributed by atoms with van der Waals surface area (Å²) in [6.45, 7) is 7.29. The number of carbonyl (C=O) groups excluding carboxylic acids is 4. The minimum absolute atomic E-state index is 0.107. The first-order valence-corrected chi connectivity index (χ1v) is 43.6. The number of aliphatic hydroxyl groups is 1. The number of esters is 4. The highest BCUT2D eigenvalue weighted by atomic mass is 31.2. The summed E-state index contributed by atoms with van der Waals surface area (Å²) in [4.78, 5) is 72.7. The molecule has 0 radical (unpaired) electrons. The van der Waals surface area contributed by atoms with Crippen LogP contribution in [0.2, 0.25) is 0 Å². The summed E-state index contributed by atoms with van der Waals surface area (Å²) in [5.74, 6) is -1.31. The molecule has 97 heavy (non-hydrogen) atoms. The number of carbonyl (C=O) groups is 4. The summed E-state index contributed by atoms with van der Waals surface area (Å²) >= 11 is 0. The van der Waals surface area contributed by atoms with Gasteiger partial charge in [0.25, 0.3) is 0 Å². The topological polar surface area (TPSA) is 237 Å². The highest BCUT2D eigenvalue weighted by Crippen LogP contribution is 2.45. The van der Waals surface area contributed by atoms with Gasteiger partial charge in [-0.1, -0.05) is 362 Å². The van der Waals surface area contributed by atoms with E-state index >= 15 is 0 Å². The second kappa shape index (κ2) is 71.1. The van der Waals surface area contributed by atoms with E-state index in [1.54, 1.807) is 0 Å². The number of aliphatic hydroxyl groups excluding tert-OH is 1. The Morgan fingerprint density at radius 3 is 0.701 bits per heavy atom. The second-order valence-corrected chi connectivity index (χ2v) is 31.5. The van der Waals surface area contributed by atoms with Crippen LogP contribution in [0.3, 0.4) is 0 Å². The third-order valence-corrected chi connectivity index (χ3v) is 20.2. The standard InChI is InChI=1S/C78H152O17P2/c1-6-9-12-15-18-20-22-24-25-26-27-28-29-32-36-40-44-49-54-59-64-78(83)95-74(68-89-76(81)62-57-52-47-42-39-35-33-30-31-34-37-41-46-50-55-60-71(4)5)70-93-97(86,87)91-66-72(79)65-90-96(84,85)92-69-73(67-88-75(80)61-56-51-45-17-14-11-8-3)94-77(82)63-58-53-48-43-38-23-21-19-16-13-10-7-2/h71-74,79H,6-70H2,1-5H3,(H,84,85)(H,86,87)/t72-,73+,74+/m0/s1. The maximum atomic E-state index is 13.1. The number of unbranched alkanes of at least 4 members (excludes halogenated alkanes) is 50. The largest absolute Gasteiger partial charge is 0.472 e. The van der Waals surface area contributed by atoms with Crippen LogP contribution >= 0.6 is 15.6 Å². The molecule has 3 N–H and O–H groups in total. The number of rotatable bonds is 78. The molecule has 0 heterocycles. The SMILES string of the molecule is CCCCCCCCCCCCCCCCCCCCCCC(=O)O[C@H](COC(=O)CCCCCCCCCCCCCCCCCC(C)C)COP(=O)(O)OC[C@@H](O)COP(=O)(O)OC[C@@H](COC(=O)CCCCCCCCC)OC(=O)CCCCCCCCCCCCCC. The first-order valence-electron chi connectivity index (χ1n) is 40.6. The van der Waals surface area contributed by atoms with Crippen molar-refractivity contribution in [2.24, 2.45) is 5.92 Å². The molecule has 0 saturated heterocycles. The maximum absolute atomic E-state index is 13.1. The molecular weight excluding hydrogens is 1270 g/mol. The molecule has 0 saturated carbocycles. The van der Waals surface area contributed by atoms with Gasteiger partial charge in [-0.15, -0.1) is 0 Å². The van der Waals surface area contributed by atoms with Gasteiger partial charge < -0.3 is 33.8 Å². The molecule has 0 aromatic heterocycles. The average Bonchev–Trinajstić information content (AvgIpc) is 1.63. The van der Waals surface area contributed by atoms with Gasteiger partial charge in [0.1, 0.15) is 19.3 Å². The fraction of sp³-hybridized carbons (Fsp3) is 0.949. The molecule has 0 aliphatic rings. The van der Waals surface area contributed by atoms with Crippen LogP contribution in [0.1, 0.15) is 413 Å². The van der Waals surface area contributed by atoms with Crippen LogP contribution < -0.4 is 0 Å². The second-order valence-electron chi connectivity index (χ2n) is 28.6. The Kier molecular flexibility index (Phi) is 69.6. The fourth-order valence-corrected chi connectivity index (χ4v) is 13.6. The lowest BCUT2D eigenvalue weighted by Crippen LogP contribution is -2.30. The van der Waals surface area contributed by atoms with E-state index in [0.717, 1.165) is 109 Å². The molecule has 0 fully saturated rings. The Bertz CT molecular complexity index is 1860. The van der Waals surface area contributed by atoms with Crippen molar-refractivity contribution in [2.45, 2.75) is 432 Å². The predicted molar refractivity (Wildman–Crippen MR) is 395 cm³/mol. The normalized spacial score (nSPS) is 13.9. The lowest BCUT2D eigenvalue weighted by molar-refractivity contribution is -0.161. The molecule has 576 valence electrons. The Balaban J connectivity index is 5.17. The van der Waals surface area contributed by atoms with Crippen molar-refractivity contribution in [2.75, 3.05) is 39.6 Å². The van der Waals surface area contributed by atoms with Crippen molar-refractivity contribution in [3.8, 4) is 0 Å². The van der Waals surface area contributed by atoms with E-state index in [9.17, 15) is 43.2 Å². The van der Waals surface area contributed by atoms with Gasteiger partial charge in [0.2, 0.25) is 0 Å². The molecule has 0 aromatic carbocycles. The van der Waals surface area contributed by atoms with E-state index in [0.29, 0.717) is 25.7 Å². The van der Waals surface area contributed by atoms with E-state index in [1.807, 2.05) is 0 Å². The van der Waals surface area contributed by atoms with Gasteiger partial charge in [-0.3, -0.25) is 37.3 Å².